The fourth-order valence-electron chi connectivity index (χ4n) is 1.43. The third-order valence-corrected chi connectivity index (χ3v) is 4.22. The van der Waals surface area contributed by atoms with Gasteiger partial charge in [0.25, 0.3) is 10.0 Å². The Labute approximate surface area is 114 Å². The largest absolute Gasteiger partial charge is 0.389 e. The zero-order valence-electron chi connectivity index (χ0n) is 11.2. The summed E-state index contributed by atoms with van der Waals surface area (Å²) in [7, 11) is -3.61. The summed E-state index contributed by atoms with van der Waals surface area (Å²) in [5.74, 6) is 0. The molecule has 0 aliphatic heterocycles. The van der Waals surface area contributed by atoms with E-state index < -0.39 is 16.1 Å². The molecule has 0 saturated carbocycles. The molecule has 0 saturated heterocycles. The highest BCUT2D eigenvalue weighted by Gasteiger charge is 2.20. The summed E-state index contributed by atoms with van der Waals surface area (Å²) in [6.07, 6.45) is 3.56. The number of hydrogen-bond donors (Lipinski definition) is 1. The number of nitrogens with zero attached hydrogens (tertiary/aromatic N) is 1. The fourth-order valence-corrected chi connectivity index (χ4v) is 2.72. The number of aliphatic hydroxyl groups is 1. The van der Waals surface area contributed by atoms with E-state index in [0.717, 1.165) is 9.87 Å². The van der Waals surface area contributed by atoms with E-state index in [1.54, 1.807) is 31.2 Å². The van der Waals surface area contributed by atoms with Crippen LogP contribution in [0, 0.1) is 6.92 Å². The smallest absolute Gasteiger partial charge is 0.264 e. The monoisotopic (exact) mass is 281 g/mol. The average molecular weight is 281 g/mol. The van der Waals surface area contributed by atoms with Crippen molar-refractivity contribution < 1.29 is 13.5 Å². The van der Waals surface area contributed by atoms with Gasteiger partial charge in [-0.2, -0.15) is 0 Å². The van der Waals surface area contributed by atoms with Crippen molar-refractivity contribution in [3.8, 4) is 0 Å². The van der Waals surface area contributed by atoms with Gasteiger partial charge in [0.15, 0.2) is 0 Å². The highest BCUT2D eigenvalue weighted by molar-refractivity contribution is 7.89. The molecule has 1 atom stereocenters. The molecule has 0 aromatic heterocycles. The van der Waals surface area contributed by atoms with Gasteiger partial charge in [0.1, 0.15) is 0 Å². The molecule has 0 amide bonds. The zero-order valence-corrected chi connectivity index (χ0v) is 12.0. The van der Waals surface area contributed by atoms with Crippen molar-refractivity contribution in [3.63, 3.8) is 0 Å². The molecular weight excluding hydrogens is 262 g/mol. The Morgan fingerprint density at radius 3 is 2.42 bits per heavy atom. The first-order valence-corrected chi connectivity index (χ1v) is 7.37. The first-order chi connectivity index (χ1) is 8.87. The van der Waals surface area contributed by atoms with E-state index in [1.165, 1.54) is 18.4 Å². The molecule has 0 aliphatic carbocycles. The average Bonchev–Trinajstić information content (AvgIpc) is 2.34. The van der Waals surface area contributed by atoms with Crippen LogP contribution in [0.15, 0.2) is 54.1 Å². The van der Waals surface area contributed by atoms with Crippen molar-refractivity contribution in [3.05, 3.63) is 54.8 Å². The lowest BCUT2D eigenvalue weighted by Gasteiger charge is -2.19. The minimum atomic E-state index is -3.61. The van der Waals surface area contributed by atoms with Crippen molar-refractivity contribution in [2.24, 2.45) is 0 Å². The summed E-state index contributed by atoms with van der Waals surface area (Å²) in [6, 6.07) is 6.63. The molecule has 104 valence electrons. The van der Waals surface area contributed by atoms with Crippen LogP contribution >= 0.6 is 0 Å². The van der Waals surface area contributed by atoms with Gasteiger partial charge < -0.3 is 5.11 Å². The molecule has 1 aromatic carbocycles. The van der Waals surface area contributed by atoms with Gasteiger partial charge in [-0.25, -0.2) is 8.42 Å². The van der Waals surface area contributed by atoms with Crippen molar-refractivity contribution in [2.75, 3.05) is 6.54 Å². The summed E-state index contributed by atoms with van der Waals surface area (Å²) in [5, 5.41) is 9.21. The Morgan fingerprint density at radius 1 is 1.37 bits per heavy atom. The summed E-state index contributed by atoms with van der Waals surface area (Å²) in [6.45, 7) is 7.15. The van der Waals surface area contributed by atoms with E-state index in [-0.39, 0.29) is 11.4 Å². The predicted octanol–water partition coefficient (Wildman–Crippen LogP) is 2.07. The van der Waals surface area contributed by atoms with Crippen LogP contribution in [0.2, 0.25) is 0 Å². The molecule has 1 N–H and O–H groups in total. The molecule has 0 radical (unpaired) electrons. The molecule has 1 aromatic rings. The van der Waals surface area contributed by atoms with Gasteiger partial charge in [-0.1, -0.05) is 23.8 Å². The summed E-state index contributed by atoms with van der Waals surface area (Å²) < 4.78 is 25.9. The second-order valence-corrected chi connectivity index (χ2v) is 6.15. The van der Waals surface area contributed by atoms with Crippen LogP contribution in [-0.2, 0) is 10.0 Å². The van der Waals surface area contributed by atoms with Crippen LogP contribution in [0.1, 0.15) is 12.5 Å². The topological polar surface area (TPSA) is 57.6 Å². The number of sulfonamides is 1. The zero-order chi connectivity index (χ0) is 14.5. The lowest BCUT2D eigenvalue weighted by atomic mass is 10.2. The van der Waals surface area contributed by atoms with E-state index >= 15 is 0 Å². The summed E-state index contributed by atoms with van der Waals surface area (Å²) >= 11 is 0. The van der Waals surface area contributed by atoms with Gasteiger partial charge >= 0.3 is 0 Å². The van der Waals surface area contributed by atoms with Gasteiger partial charge in [0, 0.05) is 6.20 Å². The van der Waals surface area contributed by atoms with E-state index in [1.807, 2.05) is 6.92 Å². The molecular formula is C14H19NO3S. The van der Waals surface area contributed by atoms with E-state index in [4.69, 9.17) is 0 Å². The fraction of sp³-hybridized carbons (Fsp3) is 0.286. The van der Waals surface area contributed by atoms with E-state index in [0.29, 0.717) is 0 Å². The Kier molecular flexibility index (Phi) is 5.32. The van der Waals surface area contributed by atoms with Gasteiger partial charge in [0.05, 0.1) is 17.5 Å². The van der Waals surface area contributed by atoms with Crippen LogP contribution in [0.5, 0.6) is 0 Å². The molecule has 4 nitrogen and oxygen atoms in total. The van der Waals surface area contributed by atoms with Gasteiger partial charge in [-0.05, 0) is 32.1 Å². The molecule has 0 fully saturated rings. The van der Waals surface area contributed by atoms with Gasteiger partial charge in [-0.3, -0.25) is 4.31 Å². The Hall–Kier alpha value is -1.59. The maximum atomic E-state index is 12.4. The van der Waals surface area contributed by atoms with E-state index in [9.17, 15) is 13.5 Å². The van der Waals surface area contributed by atoms with Crippen LogP contribution in [-0.4, -0.2) is 30.5 Å². The van der Waals surface area contributed by atoms with Crippen molar-refractivity contribution >= 4 is 10.0 Å². The summed E-state index contributed by atoms with van der Waals surface area (Å²) in [5.41, 5.74) is 0.994. The first kappa shape index (κ1) is 15.5. The third-order valence-electron chi connectivity index (χ3n) is 2.47. The molecule has 0 bridgehead atoms. The van der Waals surface area contributed by atoms with Crippen LogP contribution in [0.3, 0.4) is 0 Å². The number of hydrogen-bond acceptors (Lipinski definition) is 3. The van der Waals surface area contributed by atoms with Gasteiger partial charge in [0.2, 0.25) is 0 Å². The summed E-state index contributed by atoms with van der Waals surface area (Å²) in [4.78, 5) is 0.218. The number of benzene rings is 1. The van der Waals surface area contributed by atoms with Crippen molar-refractivity contribution in [1.29, 1.82) is 0 Å². The molecule has 5 heteroatoms. The number of rotatable bonds is 6. The standard InChI is InChI=1S/C14H19NO3S/c1-4-10-15(11-9-13(3)16)19(17,18)14-7-5-12(2)6-8-14/h4-9,11,13,16H,1,10H2,2-3H3/b11-9+. The van der Waals surface area contributed by atoms with Crippen LogP contribution < -0.4 is 0 Å². The van der Waals surface area contributed by atoms with Crippen LogP contribution in [0.25, 0.3) is 0 Å². The second kappa shape index (κ2) is 6.54. The number of aryl methyl sites for hydroxylation is 1. The molecule has 1 rings (SSSR count). The minimum Gasteiger partial charge on any atom is -0.389 e. The van der Waals surface area contributed by atoms with Gasteiger partial charge in [-0.15, -0.1) is 6.58 Å². The van der Waals surface area contributed by atoms with Crippen molar-refractivity contribution in [1.82, 2.24) is 4.31 Å². The van der Waals surface area contributed by atoms with Crippen molar-refractivity contribution in [2.45, 2.75) is 24.8 Å². The Bertz CT molecular complexity index is 545. The lowest BCUT2D eigenvalue weighted by Crippen LogP contribution is -2.26. The molecule has 0 heterocycles. The molecule has 19 heavy (non-hydrogen) atoms. The molecule has 0 aliphatic rings. The first-order valence-electron chi connectivity index (χ1n) is 5.93. The third kappa shape index (κ3) is 4.22. The maximum Gasteiger partial charge on any atom is 0.264 e. The van der Waals surface area contributed by atoms with E-state index in [2.05, 4.69) is 6.58 Å². The molecule has 1 unspecified atom stereocenters. The second-order valence-electron chi connectivity index (χ2n) is 4.26. The Morgan fingerprint density at radius 2 is 1.95 bits per heavy atom. The van der Waals surface area contributed by atoms with Crippen LogP contribution in [0.4, 0.5) is 0 Å². The Balaban J connectivity index is 3.12. The predicted molar refractivity (Wildman–Crippen MR) is 76.1 cm³/mol. The highest BCUT2D eigenvalue weighted by Crippen LogP contribution is 2.16. The highest BCUT2D eigenvalue weighted by atomic mass is 32.2. The lowest BCUT2D eigenvalue weighted by molar-refractivity contribution is 0.243. The quantitative estimate of drug-likeness (QED) is 0.812. The minimum absolute atomic E-state index is 0.152. The maximum absolute atomic E-state index is 12.4. The number of aliphatic hydroxyl groups excluding tert-OH is 1. The normalized spacial score (nSPS) is 13.4. The molecule has 0 spiro atoms. The SMILES string of the molecule is C=CCN(/C=C/C(C)O)S(=O)(=O)c1ccc(C)cc1.